The molecule has 1 amide bonds. The molecule has 0 aliphatic carbocycles. The van der Waals surface area contributed by atoms with Crippen LogP contribution in [0.1, 0.15) is 27.0 Å². The van der Waals surface area contributed by atoms with Gasteiger partial charge in [-0.1, -0.05) is 53.8 Å². The summed E-state index contributed by atoms with van der Waals surface area (Å²) in [5.74, 6) is 5.58. The Morgan fingerprint density at radius 1 is 1.19 bits per heavy atom. The molecule has 2 aromatic carbocycles. The van der Waals surface area contributed by atoms with Crippen molar-refractivity contribution in [2.75, 3.05) is 6.54 Å². The van der Waals surface area contributed by atoms with Crippen LogP contribution in [0.25, 0.3) is 0 Å². The molecule has 0 radical (unpaired) electrons. The maximum atomic E-state index is 12.3. The van der Waals surface area contributed by atoms with E-state index in [1.54, 1.807) is 6.07 Å². The Labute approximate surface area is 125 Å². The highest BCUT2D eigenvalue weighted by molar-refractivity contribution is 5.96. The van der Waals surface area contributed by atoms with E-state index in [1.165, 1.54) is 5.56 Å². The van der Waals surface area contributed by atoms with Gasteiger partial charge in [0.25, 0.3) is 5.91 Å². The zero-order valence-electron chi connectivity index (χ0n) is 12.0. The number of hydrogen-bond donors (Lipinski definition) is 2. The Morgan fingerprint density at radius 2 is 2.00 bits per heavy atom. The SMILES string of the molecule is Cc1cccc(CNC(=O)c2ccccc2C#CCN)c1. The molecule has 3 N–H and O–H groups in total. The number of benzene rings is 2. The first-order valence-corrected chi connectivity index (χ1v) is 6.82. The van der Waals surface area contributed by atoms with Gasteiger partial charge in [0, 0.05) is 12.1 Å². The maximum Gasteiger partial charge on any atom is 0.252 e. The fourth-order valence-electron chi connectivity index (χ4n) is 2.04. The Bertz CT molecular complexity index is 696. The van der Waals surface area contributed by atoms with E-state index in [2.05, 4.69) is 23.2 Å². The average Bonchev–Trinajstić information content (AvgIpc) is 2.51. The lowest BCUT2D eigenvalue weighted by Gasteiger charge is -2.07. The number of hydrogen-bond acceptors (Lipinski definition) is 2. The van der Waals surface area contributed by atoms with Gasteiger partial charge in [-0.3, -0.25) is 4.79 Å². The van der Waals surface area contributed by atoms with E-state index in [0.29, 0.717) is 17.7 Å². The molecule has 0 heterocycles. The van der Waals surface area contributed by atoms with Gasteiger partial charge in [-0.2, -0.15) is 0 Å². The topological polar surface area (TPSA) is 55.1 Å². The van der Waals surface area contributed by atoms with E-state index < -0.39 is 0 Å². The van der Waals surface area contributed by atoms with Crippen molar-refractivity contribution in [3.63, 3.8) is 0 Å². The highest BCUT2D eigenvalue weighted by atomic mass is 16.1. The average molecular weight is 278 g/mol. The standard InChI is InChI=1S/C18H18N2O/c1-14-6-4-7-15(12-14)13-20-18(21)17-10-3-2-8-16(17)9-5-11-19/h2-4,6-8,10,12H,11,13,19H2,1H3,(H,20,21). The van der Waals surface area contributed by atoms with Crippen LogP contribution in [-0.4, -0.2) is 12.5 Å². The molecule has 0 bridgehead atoms. The van der Waals surface area contributed by atoms with E-state index in [9.17, 15) is 4.79 Å². The van der Waals surface area contributed by atoms with Crippen molar-refractivity contribution in [1.82, 2.24) is 5.32 Å². The lowest BCUT2D eigenvalue weighted by Crippen LogP contribution is -2.23. The van der Waals surface area contributed by atoms with Crippen molar-refractivity contribution in [3.8, 4) is 11.8 Å². The maximum absolute atomic E-state index is 12.3. The summed E-state index contributed by atoms with van der Waals surface area (Å²) in [4.78, 5) is 12.3. The zero-order chi connectivity index (χ0) is 15.1. The molecule has 0 aliphatic rings. The molecule has 21 heavy (non-hydrogen) atoms. The molecule has 0 fully saturated rings. The fourth-order valence-corrected chi connectivity index (χ4v) is 2.04. The van der Waals surface area contributed by atoms with E-state index in [1.807, 2.05) is 43.3 Å². The van der Waals surface area contributed by atoms with Crippen LogP contribution in [-0.2, 0) is 6.54 Å². The predicted octanol–water partition coefficient (Wildman–Crippen LogP) is 2.24. The first-order chi connectivity index (χ1) is 10.2. The van der Waals surface area contributed by atoms with E-state index in [4.69, 9.17) is 5.73 Å². The quantitative estimate of drug-likeness (QED) is 0.846. The molecule has 0 saturated heterocycles. The molecular weight excluding hydrogens is 260 g/mol. The molecule has 0 unspecified atom stereocenters. The van der Waals surface area contributed by atoms with Crippen LogP contribution in [0.5, 0.6) is 0 Å². The summed E-state index contributed by atoms with van der Waals surface area (Å²) in [5, 5.41) is 2.92. The summed E-state index contributed by atoms with van der Waals surface area (Å²) < 4.78 is 0. The molecular formula is C18H18N2O. The highest BCUT2D eigenvalue weighted by Gasteiger charge is 2.09. The lowest BCUT2D eigenvalue weighted by molar-refractivity contribution is 0.0950. The summed E-state index contributed by atoms with van der Waals surface area (Å²) in [6, 6.07) is 15.3. The Balaban J connectivity index is 2.10. The van der Waals surface area contributed by atoms with Crippen molar-refractivity contribution < 1.29 is 4.79 Å². The van der Waals surface area contributed by atoms with E-state index in [-0.39, 0.29) is 12.5 Å². The van der Waals surface area contributed by atoms with Crippen molar-refractivity contribution in [3.05, 3.63) is 70.8 Å². The molecule has 3 heteroatoms. The second-order valence-corrected chi connectivity index (χ2v) is 4.72. The summed E-state index contributed by atoms with van der Waals surface area (Å²) in [7, 11) is 0. The van der Waals surface area contributed by atoms with Crippen LogP contribution in [0.3, 0.4) is 0 Å². The number of nitrogens with two attached hydrogens (primary N) is 1. The van der Waals surface area contributed by atoms with Gasteiger partial charge >= 0.3 is 0 Å². The number of rotatable bonds is 3. The van der Waals surface area contributed by atoms with Crippen LogP contribution in [0.4, 0.5) is 0 Å². The third-order valence-electron chi connectivity index (χ3n) is 3.03. The number of amides is 1. The first kappa shape index (κ1) is 14.8. The second kappa shape index (κ2) is 7.28. The summed E-state index contributed by atoms with van der Waals surface area (Å²) >= 11 is 0. The number of carbonyl (C=O) groups is 1. The normalized spacial score (nSPS) is 9.62. The van der Waals surface area contributed by atoms with Crippen LogP contribution >= 0.6 is 0 Å². The molecule has 0 spiro atoms. The van der Waals surface area contributed by atoms with Crippen LogP contribution in [0.15, 0.2) is 48.5 Å². The van der Waals surface area contributed by atoms with Gasteiger partial charge in [-0.15, -0.1) is 0 Å². The third kappa shape index (κ3) is 4.20. The minimum atomic E-state index is -0.126. The largest absolute Gasteiger partial charge is 0.348 e. The number of aryl methyl sites for hydroxylation is 1. The summed E-state index contributed by atoms with van der Waals surface area (Å²) in [6.45, 7) is 2.81. The van der Waals surface area contributed by atoms with Gasteiger partial charge in [0.05, 0.1) is 12.1 Å². The molecule has 0 aromatic heterocycles. The summed E-state index contributed by atoms with van der Waals surface area (Å²) in [6.07, 6.45) is 0. The monoisotopic (exact) mass is 278 g/mol. The van der Waals surface area contributed by atoms with Crippen molar-refractivity contribution in [2.45, 2.75) is 13.5 Å². The lowest BCUT2D eigenvalue weighted by atomic mass is 10.1. The van der Waals surface area contributed by atoms with Gasteiger partial charge in [0.15, 0.2) is 0 Å². The third-order valence-corrected chi connectivity index (χ3v) is 3.03. The molecule has 0 atom stereocenters. The van der Waals surface area contributed by atoms with Crippen molar-refractivity contribution in [1.29, 1.82) is 0 Å². The van der Waals surface area contributed by atoms with Gasteiger partial charge in [0.2, 0.25) is 0 Å². The van der Waals surface area contributed by atoms with Gasteiger partial charge < -0.3 is 11.1 Å². The second-order valence-electron chi connectivity index (χ2n) is 4.72. The molecule has 2 rings (SSSR count). The Morgan fingerprint density at radius 3 is 2.76 bits per heavy atom. The Hall–Kier alpha value is -2.57. The minimum absolute atomic E-state index is 0.126. The van der Waals surface area contributed by atoms with Gasteiger partial charge in [-0.05, 0) is 24.6 Å². The molecule has 0 saturated carbocycles. The van der Waals surface area contributed by atoms with Gasteiger partial charge in [0.1, 0.15) is 0 Å². The smallest absolute Gasteiger partial charge is 0.252 e. The van der Waals surface area contributed by atoms with E-state index in [0.717, 1.165) is 5.56 Å². The molecule has 106 valence electrons. The molecule has 2 aromatic rings. The van der Waals surface area contributed by atoms with E-state index >= 15 is 0 Å². The first-order valence-electron chi connectivity index (χ1n) is 6.82. The van der Waals surface area contributed by atoms with Gasteiger partial charge in [-0.25, -0.2) is 0 Å². The highest BCUT2D eigenvalue weighted by Crippen LogP contribution is 2.08. The minimum Gasteiger partial charge on any atom is -0.348 e. The predicted molar refractivity (Wildman–Crippen MR) is 84.7 cm³/mol. The summed E-state index contributed by atoms with van der Waals surface area (Å²) in [5.41, 5.74) is 8.91. The van der Waals surface area contributed by atoms with Crippen molar-refractivity contribution >= 4 is 5.91 Å². The van der Waals surface area contributed by atoms with Crippen molar-refractivity contribution in [2.24, 2.45) is 5.73 Å². The number of carbonyl (C=O) groups excluding carboxylic acids is 1. The molecule has 0 aliphatic heterocycles. The van der Waals surface area contributed by atoms with Crippen LogP contribution < -0.4 is 11.1 Å². The fraction of sp³-hybridized carbons (Fsp3) is 0.167. The van der Waals surface area contributed by atoms with Crippen LogP contribution in [0, 0.1) is 18.8 Å². The number of nitrogens with one attached hydrogen (secondary N) is 1. The molecule has 3 nitrogen and oxygen atoms in total. The van der Waals surface area contributed by atoms with Crippen LogP contribution in [0.2, 0.25) is 0 Å². The zero-order valence-corrected chi connectivity index (χ0v) is 12.0. The Kier molecular flexibility index (Phi) is 5.14.